The molecule has 0 bridgehead atoms. The minimum absolute atomic E-state index is 0.174. The van der Waals surface area contributed by atoms with Crippen molar-refractivity contribution in [1.82, 2.24) is 14.8 Å². The molecule has 6 heteroatoms. The number of fused-ring (bicyclic) bond motifs is 1. The summed E-state index contributed by atoms with van der Waals surface area (Å²) in [4.78, 5) is 32.9. The summed E-state index contributed by atoms with van der Waals surface area (Å²) in [5.41, 5.74) is 1.01. The van der Waals surface area contributed by atoms with Gasteiger partial charge in [-0.05, 0) is 25.0 Å². The minimum atomic E-state index is 0.174. The van der Waals surface area contributed by atoms with Crippen molar-refractivity contribution < 1.29 is 9.59 Å². The van der Waals surface area contributed by atoms with Crippen molar-refractivity contribution in [1.29, 1.82) is 0 Å². The number of carbonyl (C=O) groups is 2. The molecule has 4 rings (SSSR count). The highest BCUT2D eigenvalue weighted by Gasteiger charge is 2.35. The van der Waals surface area contributed by atoms with Crippen molar-refractivity contribution >= 4 is 33.4 Å². The van der Waals surface area contributed by atoms with E-state index < -0.39 is 0 Å². The predicted octanol–water partition coefficient (Wildman–Crippen LogP) is 2.31. The number of piperazine rings is 1. The fraction of sp³-hybridized carbons (Fsp3) is 0.500. The monoisotopic (exact) mass is 343 g/mol. The van der Waals surface area contributed by atoms with Gasteiger partial charge in [-0.1, -0.05) is 12.1 Å². The van der Waals surface area contributed by atoms with Gasteiger partial charge in [-0.3, -0.25) is 9.59 Å². The molecule has 5 nitrogen and oxygen atoms in total. The zero-order valence-corrected chi connectivity index (χ0v) is 14.4. The maximum atomic E-state index is 12.4. The Balaban J connectivity index is 1.28. The molecule has 0 unspecified atom stereocenters. The molecule has 126 valence electrons. The molecule has 0 spiro atoms. The van der Waals surface area contributed by atoms with Gasteiger partial charge in [0, 0.05) is 44.9 Å². The highest BCUT2D eigenvalue weighted by molar-refractivity contribution is 7.18. The molecule has 2 fully saturated rings. The van der Waals surface area contributed by atoms with Gasteiger partial charge in [0.25, 0.3) is 0 Å². The smallest absolute Gasteiger partial charge is 0.225 e. The molecule has 1 aliphatic heterocycles. The number of hydrogen-bond acceptors (Lipinski definition) is 4. The molecule has 0 atom stereocenters. The van der Waals surface area contributed by atoms with Crippen LogP contribution in [0.25, 0.3) is 10.2 Å². The second kappa shape index (κ2) is 6.51. The van der Waals surface area contributed by atoms with Crippen LogP contribution < -0.4 is 0 Å². The zero-order valence-electron chi connectivity index (χ0n) is 13.6. The highest BCUT2D eigenvalue weighted by Crippen LogP contribution is 2.31. The Morgan fingerprint density at radius 3 is 2.50 bits per heavy atom. The second-order valence-electron chi connectivity index (χ2n) is 6.56. The third kappa shape index (κ3) is 3.29. The first-order valence-corrected chi connectivity index (χ1v) is 9.43. The summed E-state index contributed by atoms with van der Waals surface area (Å²) in [6, 6.07) is 8.07. The van der Waals surface area contributed by atoms with Crippen molar-refractivity contribution in [2.75, 3.05) is 26.2 Å². The molecular formula is C18H21N3O2S. The first-order valence-electron chi connectivity index (χ1n) is 8.62. The Bertz CT molecular complexity index is 727. The first kappa shape index (κ1) is 15.6. The Hall–Kier alpha value is -1.95. The first-order chi connectivity index (χ1) is 11.7. The number of nitrogens with zero attached hydrogens (tertiary/aromatic N) is 3. The lowest BCUT2D eigenvalue weighted by Gasteiger charge is -2.35. The van der Waals surface area contributed by atoms with E-state index in [1.165, 1.54) is 4.70 Å². The van der Waals surface area contributed by atoms with Crippen molar-refractivity contribution in [2.24, 2.45) is 5.92 Å². The molecule has 2 heterocycles. The summed E-state index contributed by atoms with van der Waals surface area (Å²) >= 11 is 1.67. The maximum absolute atomic E-state index is 12.4. The lowest BCUT2D eigenvalue weighted by Crippen LogP contribution is -2.51. The highest BCUT2D eigenvalue weighted by atomic mass is 32.1. The van der Waals surface area contributed by atoms with Crippen LogP contribution >= 0.6 is 11.3 Å². The fourth-order valence-corrected chi connectivity index (χ4v) is 4.13. The second-order valence-corrected chi connectivity index (χ2v) is 7.67. The number of aromatic nitrogens is 1. The lowest BCUT2D eigenvalue weighted by molar-refractivity contribution is -0.140. The predicted molar refractivity (Wildman–Crippen MR) is 93.8 cm³/mol. The van der Waals surface area contributed by atoms with Gasteiger partial charge in [0.1, 0.15) is 0 Å². The summed E-state index contributed by atoms with van der Waals surface area (Å²) in [5.74, 6) is 0.732. The number of benzene rings is 1. The Kier molecular flexibility index (Phi) is 4.22. The number of aryl methyl sites for hydroxylation is 1. The van der Waals surface area contributed by atoms with Crippen molar-refractivity contribution in [3.63, 3.8) is 0 Å². The number of amides is 2. The van der Waals surface area contributed by atoms with Crippen molar-refractivity contribution in [3.05, 3.63) is 29.3 Å². The van der Waals surface area contributed by atoms with Crippen molar-refractivity contribution in [3.8, 4) is 0 Å². The molecule has 1 aromatic heterocycles. The van der Waals surface area contributed by atoms with Crippen LogP contribution in [0, 0.1) is 5.92 Å². The van der Waals surface area contributed by atoms with Crippen LogP contribution in [-0.2, 0) is 16.0 Å². The summed E-state index contributed by atoms with van der Waals surface area (Å²) < 4.78 is 1.17. The normalized spacial score (nSPS) is 18.2. The van der Waals surface area contributed by atoms with Gasteiger partial charge in [-0.25, -0.2) is 4.98 Å². The minimum Gasteiger partial charge on any atom is -0.339 e. The third-order valence-electron chi connectivity index (χ3n) is 4.76. The number of para-hydroxylation sites is 1. The molecule has 0 N–H and O–H groups in total. The Morgan fingerprint density at radius 1 is 1.08 bits per heavy atom. The topological polar surface area (TPSA) is 53.5 Å². The fourth-order valence-electron chi connectivity index (χ4n) is 3.16. The van der Waals surface area contributed by atoms with E-state index in [-0.39, 0.29) is 17.7 Å². The maximum Gasteiger partial charge on any atom is 0.225 e. The quantitative estimate of drug-likeness (QED) is 0.856. The van der Waals surface area contributed by atoms with Gasteiger partial charge in [0.2, 0.25) is 11.8 Å². The number of thiazole rings is 1. The van der Waals surface area contributed by atoms with Gasteiger partial charge in [-0.15, -0.1) is 11.3 Å². The van der Waals surface area contributed by atoms with Crippen LogP contribution in [0.4, 0.5) is 0 Å². The molecule has 2 aliphatic rings. The van der Waals surface area contributed by atoms with Crippen LogP contribution in [0.5, 0.6) is 0 Å². The summed E-state index contributed by atoms with van der Waals surface area (Å²) in [7, 11) is 0. The van der Waals surface area contributed by atoms with E-state index in [1.54, 1.807) is 11.3 Å². The van der Waals surface area contributed by atoms with E-state index in [0.717, 1.165) is 23.4 Å². The van der Waals surface area contributed by atoms with Crippen LogP contribution in [0.15, 0.2) is 24.3 Å². The molecular weight excluding hydrogens is 322 g/mol. The number of hydrogen-bond donors (Lipinski definition) is 0. The van der Waals surface area contributed by atoms with Gasteiger partial charge >= 0.3 is 0 Å². The summed E-state index contributed by atoms with van der Waals surface area (Å²) in [6.45, 7) is 2.69. The average molecular weight is 343 g/mol. The third-order valence-corrected chi connectivity index (χ3v) is 5.86. The molecule has 1 saturated heterocycles. The van der Waals surface area contributed by atoms with E-state index in [1.807, 2.05) is 28.0 Å². The van der Waals surface area contributed by atoms with E-state index in [9.17, 15) is 9.59 Å². The Labute approximate surface area is 145 Å². The molecule has 24 heavy (non-hydrogen) atoms. The summed E-state index contributed by atoms with van der Waals surface area (Å²) in [6.07, 6.45) is 3.27. The van der Waals surface area contributed by atoms with E-state index in [0.29, 0.717) is 39.0 Å². The molecule has 1 aromatic carbocycles. The number of carbonyl (C=O) groups excluding carboxylic acids is 2. The SMILES string of the molecule is O=C(CCc1nc2ccccc2s1)N1CCN(C(=O)C2CC2)CC1. The van der Waals surface area contributed by atoms with Crippen LogP contribution in [-0.4, -0.2) is 52.8 Å². The molecule has 1 saturated carbocycles. The molecule has 1 aliphatic carbocycles. The van der Waals surface area contributed by atoms with Crippen molar-refractivity contribution in [2.45, 2.75) is 25.7 Å². The van der Waals surface area contributed by atoms with Crippen LogP contribution in [0.2, 0.25) is 0 Å². The molecule has 0 radical (unpaired) electrons. The Morgan fingerprint density at radius 2 is 1.79 bits per heavy atom. The van der Waals surface area contributed by atoms with E-state index in [4.69, 9.17) is 0 Å². The molecule has 2 amide bonds. The average Bonchev–Trinajstić information content (AvgIpc) is 3.38. The molecule has 2 aromatic rings. The number of rotatable bonds is 4. The standard InChI is InChI=1S/C18H21N3O2S/c22-17(8-7-16-19-14-3-1-2-4-15(14)24-16)20-9-11-21(12-10-20)18(23)13-5-6-13/h1-4,13H,5-12H2. The van der Waals surface area contributed by atoms with Gasteiger partial charge in [0.15, 0.2) is 0 Å². The lowest BCUT2D eigenvalue weighted by atomic mass is 10.2. The zero-order chi connectivity index (χ0) is 16.5. The van der Waals surface area contributed by atoms with Crippen LogP contribution in [0.1, 0.15) is 24.3 Å². The van der Waals surface area contributed by atoms with Gasteiger partial charge in [-0.2, -0.15) is 0 Å². The van der Waals surface area contributed by atoms with E-state index in [2.05, 4.69) is 11.1 Å². The summed E-state index contributed by atoms with van der Waals surface area (Å²) in [5, 5.41) is 1.02. The largest absolute Gasteiger partial charge is 0.339 e. The van der Waals surface area contributed by atoms with Gasteiger partial charge in [0.05, 0.1) is 15.2 Å². The van der Waals surface area contributed by atoms with Gasteiger partial charge < -0.3 is 9.80 Å². The van der Waals surface area contributed by atoms with Crippen LogP contribution in [0.3, 0.4) is 0 Å². The van der Waals surface area contributed by atoms with E-state index >= 15 is 0 Å².